The molecule has 0 spiro atoms. The van der Waals surface area contributed by atoms with E-state index in [-0.39, 0.29) is 24.4 Å². The van der Waals surface area contributed by atoms with Gasteiger partial charge in [-0.1, -0.05) is 35.7 Å². The van der Waals surface area contributed by atoms with E-state index >= 15 is 0 Å². The van der Waals surface area contributed by atoms with Crippen molar-refractivity contribution in [3.63, 3.8) is 0 Å². The van der Waals surface area contributed by atoms with Crippen LogP contribution in [0, 0.1) is 0 Å². The molecule has 2 unspecified atom stereocenters. The third kappa shape index (κ3) is 5.80. The lowest BCUT2D eigenvalue weighted by Crippen LogP contribution is -2.49. The number of likely N-dealkylation sites (tertiary alicyclic amines) is 1. The summed E-state index contributed by atoms with van der Waals surface area (Å²) in [6, 6.07) is 5.66. The smallest absolute Gasteiger partial charge is 0.225 e. The van der Waals surface area contributed by atoms with Crippen molar-refractivity contribution in [3.05, 3.63) is 28.2 Å². The van der Waals surface area contributed by atoms with E-state index in [9.17, 15) is 4.79 Å². The van der Waals surface area contributed by atoms with Gasteiger partial charge in [0.05, 0.1) is 15.7 Å². The number of hydrogen-bond donors (Lipinski definition) is 2. The number of para-hydroxylation sites is 1. The molecule has 1 fully saturated rings. The quantitative estimate of drug-likeness (QED) is 0.813. The molecular formula is C16H24Cl3N3O. The molecule has 1 aromatic carbocycles. The molecule has 1 aliphatic heterocycles. The number of nitrogens with zero attached hydrogens (tertiary/aromatic N) is 1. The summed E-state index contributed by atoms with van der Waals surface area (Å²) in [7, 11) is 0. The Morgan fingerprint density at radius 3 is 2.65 bits per heavy atom. The van der Waals surface area contributed by atoms with Gasteiger partial charge in [-0.2, -0.15) is 0 Å². The summed E-state index contributed by atoms with van der Waals surface area (Å²) in [5.74, 6) is -0.0796. The van der Waals surface area contributed by atoms with Gasteiger partial charge in [0, 0.05) is 25.0 Å². The summed E-state index contributed by atoms with van der Waals surface area (Å²) in [4.78, 5) is 14.5. The molecule has 4 nitrogen and oxygen atoms in total. The summed E-state index contributed by atoms with van der Waals surface area (Å²) in [6.45, 7) is 3.75. The van der Waals surface area contributed by atoms with Gasteiger partial charge >= 0.3 is 0 Å². The van der Waals surface area contributed by atoms with Crippen LogP contribution in [0.2, 0.25) is 10.0 Å². The number of benzene rings is 1. The number of carbonyl (C=O) groups is 1. The first kappa shape index (κ1) is 20.5. The second kappa shape index (κ2) is 9.70. The van der Waals surface area contributed by atoms with Crippen LogP contribution >= 0.6 is 35.6 Å². The van der Waals surface area contributed by atoms with E-state index in [1.807, 2.05) is 6.92 Å². The third-order valence-electron chi connectivity index (χ3n) is 4.12. The number of rotatable bonds is 5. The van der Waals surface area contributed by atoms with E-state index in [1.54, 1.807) is 18.2 Å². The predicted molar refractivity (Wildman–Crippen MR) is 99.8 cm³/mol. The summed E-state index contributed by atoms with van der Waals surface area (Å²) in [5, 5.41) is 3.70. The molecule has 0 aliphatic carbocycles. The summed E-state index contributed by atoms with van der Waals surface area (Å²) in [5.41, 5.74) is 6.53. The van der Waals surface area contributed by atoms with Crippen molar-refractivity contribution < 1.29 is 4.79 Å². The number of nitrogens with two attached hydrogens (primary N) is 1. The zero-order valence-electron chi connectivity index (χ0n) is 13.2. The maximum Gasteiger partial charge on any atom is 0.225 e. The van der Waals surface area contributed by atoms with Crippen LogP contribution in [0.15, 0.2) is 18.2 Å². The number of halogens is 3. The molecule has 3 N–H and O–H groups in total. The lowest BCUT2D eigenvalue weighted by Gasteiger charge is -2.37. The molecule has 2 atom stereocenters. The van der Waals surface area contributed by atoms with Gasteiger partial charge in [0.15, 0.2) is 0 Å². The van der Waals surface area contributed by atoms with E-state index in [4.69, 9.17) is 28.9 Å². The number of nitrogens with one attached hydrogen (secondary N) is 1. The van der Waals surface area contributed by atoms with Crippen molar-refractivity contribution >= 4 is 47.2 Å². The number of carbonyl (C=O) groups excluding carboxylic acids is 1. The molecule has 23 heavy (non-hydrogen) atoms. The third-order valence-corrected chi connectivity index (χ3v) is 4.75. The fourth-order valence-corrected chi connectivity index (χ4v) is 3.45. The Morgan fingerprint density at radius 2 is 2.04 bits per heavy atom. The van der Waals surface area contributed by atoms with Gasteiger partial charge in [-0.05, 0) is 38.4 Å². The summed E-state index contributed by atoms with van der Waals surface area (Å²) in [6.07, 6.45) is 3.89. The molecule has 0 bridgehead atoms. The molecule has 0 saturated carbocycles. The molecule has 1 aliphatic rings. The minimum Gasteiger partial charge on any atom is -0.327 e. The first-order valence-corrected chi connectivity index (χ1v) is 8.48. The predicted octanol–water partition coefficient (Wildman–Crippen LogP) is 3.95. The van der Waals surface area contributed by atoms with Crippen molar-refractivity contribution in [2.24, 2.45) is 5.73 Å². The lowest BCUT2D eigenvalue weighted by molar-refractivity contribution is -0.116. The molecule has 0 radical (unpaired) electrons. The molecule has 1 amide bonds. The van der Waals surface area contributed by atoms with Gasteiger partial charge in [-0.25, -0.2) is 0 Å². The zero-order chi connectivity index (χ0) is 16.1. The van der Waals surface area contributed by atoms with Crippen LogP contribution in [0.25, 0.3) is 0 Å². The van der Waals surface area contributed by atoms with E-state index in [0.29, 0.717) is 34.7 Å². The van der Waals surface area contributed by atoms with Crippen LogP contribution in [0.4, 0.5) is 5.69 Å². The van der Waals surface area contributed by atoms with E-state index in [2.05, 4.69) is 10.2 Å². The highest BCUT2D eigenvalue weighted by Crippen LogP contribution is 2.30. The highest BCUT2D eigenvalue weighted by atomic mass is 35.5. The van der Waals surface area contributed by atoms with Gasteiger partial charge < -0.3 is 11.1 Å². The van der Waals surface area contributed by atoms with E-state index < -0.39 is 0 Å². The van der Waals surface area contributed by atoms with Crippen molar-refractivity contribution in [2.45, 2.75) is 44.7 Å². The Kier molecular flexibility index (Phi) is 8.65. The van der Waals surface area contributed by atoms with Crippen molar-refractivity contribution in [2.75, 3.05) is 18.4 Å². The van der Waals surface area contributed by atoms with Crippen LogP contribution in [0.3, 0.4) is 0 Å². The highest BCUT2D eigenvalue weighted by molar-refractivity contribution is 6.39. The average Bonchev–Trinajstić information content (AvgIpc) is 2.49. The minimum atomic E-state index is -0.0796. The Bertz CT molecular complexity index is 505. The van der Waals surface area contributed by atoms with Crippen LogP contribution in [-0.2, 0) is 4.79 Å². The van der Waals surface area contributed by atoms with Gasteiger partial charge in [0.25, 0.3) is 0 Å². The monoisotopic (exact) mass is 379 g/mol. The van der Waals surface area contributed by atoms with Gasteiger partial charge in [-0.15, -0.1) is 12.4 Å². The minimum absolute atomic E-state index is 0. The molecular weight excluding hydrogens is 357 g/mol. The van der Waals surface area contributed by atoms with Crippen LogP contribution < -0.4 is 11.1 Å². The summed E-state index contributed by atoms with van der Waals surface area (Å²) >= 11 is 12.1. The van der Waals surface area contributed by atoms with E-state index in [0.717, 1.165) is 13.0 Å². The average molecular weight is 381 g/mol. The van der Waals surface area contributed by atoms with Crippen LogP contribution in [0.5, 0.6) is 0 Å². The maximum atomic E-state index is 12.1. The Hall–Kier alpha value is -0.520. The van der Waals surface area contributed by atoms with Crippen LogP contribution in [0.1, 0.15) is 32.6 Å². The number of anilines is 1. The molecule has 1 heterocycles. The van der Waals surface area contributed by atoms with E-state index in [1.165, 1.54) is 12.8 Å². The first-order valence-electron chi connectivity index (χ1n) is 7.72. The molecule has 0 aromatic heterocycles. The Balaban J connectivity index is 0.00000264. The van der Waals surface area contributed by atoms with Gasteiger partial charge in [0.1, 0.15) is 0 Å². The number of hydrogen-bond acceptors (Lipinski definition) is 3. The topological polar surface area (TPSA) is 58.4 Å². The Labute approximate surface area is 154 Å². The normalized spacial score (nSPS) is 19.7. The second-order valence-corrected chi connectivity index (χ2v) is 6.67. The Morgan fingerprint density at radius 1 is 1.39 bits per heavy atom. The fourth-order valence-electron chi connectivity index (χ4n) is 2.95. The van der Waals surface area contributed by atoms with Gasteiger partial charge in [-0.3, -0.25) is 9.69 Å². The number of amides is 1. The van der Waals surface area contributed by atoms with Crippen molar-refractivity contribution in [3.8, 4) is 0 Å². The molecule has 1 aromatic rings. The lowest BCUT2D eigenvalue weighted by atomic mass is 9.97. The number of piperidine rings is 1. The largest absolute Gasteiger partial charge is 0.327 e. The van der Waals surface area contributed by atoms with Crippen molar-refractivity contribution in [1.29, 1.82) is 0 Å². The molecule has 7 heteroatoms. The van der Waals surface area contributed by atoms with Crippen LogP contribution in [-0.4, -0.2) is 36.0 Å². The molecule has 2 rings (SSSR count). The standard InChI is InChI=1S/C16H23Cl2N3O.ClH/c1-11(19)14-7-2-3-9-21(14)10-8-15(22)20-16-12(17)5-4-6-13(16)18;/h4-6,11,14H,2-3,7-10,19H2,1H3,(H,20,22);1H. The second-order valence-electron chi connectivity index (χ2n) is 5.85. The molecule has 1 saturated heterocycles. The maximum absolute atomic E-state index is 12.1. The van der Waals surface area contributed by atoms with Crippen molar-refractivity contribution in [1.82, 2.24) is 4.90 Å². The zero-order valence-corrected chi connectivity index (χ0v) is 15.6. The highest BCUT2D eigenvalue weighted by Gasteiger charge is 2.25. The molecule has 130 valence electrons. The SMILES string of the molecule is CC(N)C1CCCCN1CCC(=O)Nc1c(Cl)cccc1Cl.Cl. The first-order chi connectivity index (χ1) is 10.5. The van der Waals surface area contributed by atoms with Gasteiger partial charge in [0.2, 0.25) is 5.91 Å². The fraction of sp³-hybridized carbons (Fsp3) is 0.562. The summed E-state index contributed by atoms with van der Waals surface area (Å²) < 4.78 is 0.